The molecule has 6 nitrogen and oxygen atoms in total. The quantitative estimate of drug-likeness (QED) is 0.853. The zero-order chi connectivity index (χ0) is 17.3. The number of anilines is 1. The van der Waals surface area contributed by atoms with Gasteiger partial charge in [0.05, 0.1) is 0 Å². The Hall–Kier alpha value is -2.08. The second-order valence-corrected chi connectivity index (χ2v) is 6.82. The van der Waals surface area contributed by atoms with Crippen LogP contribution in [0.3, 0.4) is 0 Å². The Morgan fingerprint density at radius 1 is 1.17 bits per heavy atom. The molecule has 1 spiro atoms. The zero-order valence-electron chi connectivity index (χ0n) is 13.5. The van der Waals surface area contributed by atoms with Gasteiger partial charge in [-0.05, 0) is 37.1 Å². The van der Waals surface area contributed by atoms with Crippen LogP contribution >= 0.6 is 11.6 Å². The number of nitrogens with one attached hydrogen (secondary N) is 1. The Morgan fingerprint density at radius 3 is 2.42 bits per heavy atom. The molecule has 24 heavy (non-hydrogen) atoms. The molecule has 1 saturated heterocycles. The number of likely N-dealkylation sites (N-methyl/N-ethyl adjacent to an activating group) is 1. The lowest BCUT2D eigenvalue weighted by Gasteiger charge is -2.35. The van der Waals surface area contributed by atoms with Gasteiger partial charge in [-0.1, -0.05) is 30.9 Å². The van der Waals surface area contributed by atoms with E-state index in [1.54, 1.807) is 31.3 Å². The maximum Gasteiger partial charge on any atom is 0.327 e. The molecule has 0 radical (unpaired) electrons. The molecule has 1 aromatic carbocycles. The number of amides is 4. The van der Waals surface area contributed by atoms with Crippen LogP contribution in [0.5, 0.6) is 0 Å². The van der Waals surface area contributed by atoms with Gasteiger partial charge in [0, 0.05) is 17.8 Å². The molecule has 1 aromatic rings. The van der Waals surface area contributed by atoms with Crippen molar-refractivity contribution in [3.63, 3.8) is 0 Å². The summed E-state index contributed by atoms with van der Waals surface area (Å²) in [6.07, 6.45) is 4.27. The van der Waals surface area contributed by atoms with E-state index in [-0.39, 0.29) is 12.5 Å². The van der Waals surface area contributed by atoms with Gasteiger partial charge >= 0.3 is 6.03 Å². The lowest BCUT2D eigenvalue weighted by atomic mass is 9.81. The number of carbonyl (C=O) groups is 3. The minimum atomic E-state index is -0.754. The molecular weight excluding hydrogens is 330 g/mol. The summed E-state index contributed by atoms with van der Waals surface area (Å²) in [4.78, 5) is 40.1. The van der Waals surface area contributed by atoms with Gasteiger partial charge < -0.3 is 10.2 Å². The number of hydrogen-bond acceptors (Lipinski definition) is 3. The standard InChI is InChI=1S/C17H20ClN3O3/c1-20-16(24)21(15(23)17(20)9-3-2-4-10-17)11-14(22)19-13-7-5-12(18)6-8-13/h5-8H,2-4,9-11H2,1H3,(H,19,22). The van der Waals surface area contributed by atoms with E-state index >= 15 is 0 Å². The lowest BCUT2D eigenvalue weighted by Crippen LogP contribution is -2.49. The molecular formula is C17H20ClN3O3. The van der Waals surface area contributed by atoms with Gasteiger partial charge in [0.15, 0.2) is 0 Å². The fourth-order valence-electron chi connectivity index (χ4n) is 3.55. The summed E-state index contributed by atoms with van der Waals surface area (Å²) in [5.74, 6) is -0.652. The van der Waals surface area contributed by atoms with Gasteiger partial charge in [-0.25, -0.2) is 4.79 Å². The Kier molecular flexibility index (Phi) is 4.49. The van der Waals surface area contributed by atoms with Crippen LogP contribution in [0.4, 0.5) is 10.5 Å². The van der Waals surface area contributed by atoms with Crippen molar-refractivity contribution in [3.05, 3.63) is 29.3 Å². The third-order valence-corrected chi connectivity index (χ3v) is 5.17. The summed E-state index contributed by atoms with van der Waals surface area (Å²) >= 11 is 5.81. The van der Waals surface area contributed by atoms with E-state index in [9.17, 15) is 14.4 Å². The summed E-state index contributed by atoms with van der Waals surface area (Å²) in [5.41, 5.74) is -0.181. The SMILES string of the molecule is CN1C(=O)N(CC(=O)Nc2ccc(Cl)cc2)C(=O)C12CCCCC2. The second kappa shape index (κ2) is 6.43. The normalized spacial score (nSPS) is 19.9. The molecule has 1 aliphatic heterocycles. The fourth-order valence-corrected chi connectivity index (χ4v) is 3.67. The van der Waals surface area contributed by atoms with E-state index < -0.39 is 17.5 Å². The van der Waals surface area contributed by atoms with Crippen molar-refractivity contribution in [2.45, 2.75) is 37.6 Å². The van der Waals surface area contributed by atoms with E-state index in [0.29, 0.717) is 23.6 Å². The number of imide groups is 1. The van der Waals surface area contributed by atoms with Crippen molar-refractivity contribution in [2.24, 2.45) is 0 Å². The average molecular weight is 350 g/mol. The van der Waals surface area contributed by atoms with Crippen molar-refractivity contribution in [1.82, 2.24) is 9.80 Å². The molecule has 0 unspecified atom stereocenters. The number of halogens is 1. The molecule has 0 atom stereocenters. The molecule has 0 bridgehead atoms. The molecule has 0 aromatic heterocycles. The first-order valence-corrected chi connectivity index (χ1v) is 8.47. The zero-order valence-corrected chi connectivity index (χ0v) is 14.3. The lowest BCUT2D eigenvalue weighted by molar-refractivity contribution is -0.136. The number of benzene rings is 1. The molecule has 7 heteroatoms. The van der Waals surface area contributed by atoms with Crippen molar-refractivity contribution >= 4 is 35.1 Å². The molecule has 1 N–H and O–H groups in total. The van der Waals surface area contributed by atoms with Crippen LogP contribution in [-0.4, -0.2) is 46.8 Å². The average Bonchev–Trinajstić information content (AvgIpc) is 2.74. The summed E-state index contributed by atoms with van der Waals surface area (Å²) in [6.45, 7) is -0.271. The minimum absolute atomic E-state index is 0.249. The van der Waals surface area contributed by atoms with Gasteiger partial charge in [-0.3, -0.25) is 14.5 Å². The van der Waals surface area contributed by atoms with Crippen LogP contribution in [0.25, 0.3) is 0 Å². The number of nitrogens with zero attached hydrogens (tertiary/aromatic N) is 2. The Balaban J connectivity index is 1.70. The highest BCUT2D eigenvalue weighted by molar-refractivity contribution is 6.30. The van der Waals surface area contributed by atoms with E-state index in [0.717, 1.165) is 24.2 Å². The van der Waals surface area contributed by atoms with Crippen LogP contribution in [-0.2, 0) is 9.59 Å². The molecule has 3 rings (SSSR count). The van der Waals surface area contributed by atoms with Crippen molar-refractivity contribution in [3.8, 4) is 0 Å². The van der Waals surface area contributed by atoms with Gasteiger partial charge in [-0.15, -0.1) is 0 Å². The number of urea groups is 1. The number of hydrogen-bond donors (Lipinski definition) is 1. The Labute approximate surface area is 145 Å². The summed E-state index contributed by atoms with van der Waals surface area (Å²) < 4.78 is 0. The van der Waals surface area contributed by atoms with Crippen molar-refractivity contribution in [2.75, 3.05) is 18.9 Å². The van der Waals surface area contributed by atoms with Gasteiger partial charge in [-0.2, -0.15) is 0 Å². The fraction of sp³-hybridized carbons (Fsp3) is 0.471. The maximum atomic E-state index is 12.8. The van der Waals surface area contributed by atoms with Crippen molar-refractivity contribution < 1.29 is 14.4 Å². The Morgan fingerprint density at radius 2 is 1.79 bits per heavy atom. The number of rotatable bonds is 3. The van der Waals surface area contributed by atoms with E-state index in [1.807, 2.05) is 0 Å². The third-order valence-electron chi connectivity index (χ3n) is 4.91. The molecule has 4 amide bonds. The van der Waals surface area contributed by atoms with E-state index in [4.69, 9.17) is 11.6 Å². The molecule has 2 fully saturated rings. The highest BCUT2D eigenvalue weighted by atomic mass is 35.5. The molecule has 2 aliphatic rings. The molecule has 128 valence electrons. The first-order valence-electron chi connectivity index (χ1n) is 8.09. The van der Waals surface area contributed by atoms with Gasteiger partial charge in [0.25, 0.3) is 5.91 Å². The second-order valence-electron chi connectivity index (χ2n) is 6.38. The Bertz CT molecular complexity index is 668. The van der Waals surface area contributed by atoms with Crippen LogP contribution < -0.4 is 5.32 Å². The monoisotopic (exact) mass is 349 g/mol. The highest BCUT2D eigenvalue weighted by Gasteiger charge is 2.55. The first-order chi connectivity index (χ1) is 11.4. The minimum Gasteiger partial charge on any atom is -0.325 e. The summed E-state index contributed by atoms with van der Waals surface area (Å²) in [6, 6.07) is 6.26. The highest BCUT2D eigenvalue weighted by Crippen LogP contribution is 2.39. The van der Waals surface area contributed by atoms with E-state index in [1.165, 1.54) is 4.90 Å². The van der Waals surface area contributed by atoms with Crippen LogP contribution in [0.1, 0.15) is 32.1 Å². The van der Waals surface area contributed by atoms with Crippen LogP contribution in [0.2, 0.25) is 5.02 Å². The van der Waals surface area contributed by atoms with Crippen LogP contribution in [0, 0.1) is 0 Å². The predicted octanol–water partition coefficient (Wildman–Crippen LogP) is 2.88. The number of carbonyl (C=O) groups excluding carboxylic acids is 3. The topological polar surface area (TPSA) is 69.7 Å². The maximum absolute atomic E-state index is 12.8. The third kappa shape index (κ3) is 2.86. The van der Waals surface area contributed by atoms with Gasteiger partial charge in [0.2, 0.25) is 5.91 Å². The summed E-state index contributed by atoms with van der Waals surface area (Å²) in [7, 11) is 1.66. The van der Waals surface area contributed by atoms with Crippen LogP contribution in [0.15, 0.2) is 24.3 Å². The first kappa shape index (κ1) is 16.8. The molecule has 1 saturated carbocycles. The van der Waals surface area contributed by atoms with Gasteiger partial charge in [0.1, 0.15) is 12.1 Å². The molecule has 1 heterocycles. The largest absolute Gasteiger partial charge is 0.327 e. The smallest absolute Gasteiger partial charge is 0.325 e. The molecule has 1 aliphatic carbocycles. The van der Waals surface area contributed by atoms with E-state index in [2.05, 4.69) is 5.32 Å². The van der Waals surface area contributed by atoms with Crippen molar-refractivity contribution in [1.29, 1.82) is 0 Å². The predicted molar refractivity (Wildman–Crippen MR) is 90.8 cm³/mol. The summed E-state index contributed by atoms with van der Waals surface area (Å²) in [5, 5.41) is 3.25.